The van der Waals surface area contributed by atoms with E-state index in [4.69, 9.17) is 4.74 Å². The van der Waals surface area contributed by atoms with Crippen LogP contribution in [0.15, 0.2) is 36.7 Å². The summed E-state index contributed by atoms with van der Waals surface area (Å²) in [6.07, 6.45) is 3.31. The lowest BCUT2D eigenvalue weighted by Crippen LogP contribution is -2.50. The maximum Gasteiger partial charge on any atom is 0.410 e. The molecule has 1 aliphatic rings. The molecule has 0 unspecified atom stereocenters. The van der Waals surface area contributed by atoms with Gasteiger partial charge in [-0.05, 0) is 32.4 Å². The van der Waals surface area contributed by atoms with Crippen molar-refractivity contribution < 1.29 is 9.53 Å². The van der Waals surface area contributed by atoms with Crippen LogP contribution in [0.4, 0.5) is 10.5 Å². The Morgan fingerprint density at radius 3 is 2.52 bits per heavy atom. The Bertz CT molecular complexity index is 701. The Kier molecular flexibility index (Phi) is 4.92. The van der Waals surface area contributed by atoms with Crippen LogP contribution in [-0.4, -0.2) is 57.8 Å². The van der Waals surface area contributed by atoms with Gasteiger partial charge < -0.3 is 14.5 Å². The summed E-state index contributed by atoms with van der Waals surface area (Å²) in [5.41, 5.74) is 1.92. The fourth-order valence-corrected chi connectivity index (χ4v) is 2.90. The third kappa shape index (κ3) is 4.49. The van der Waals surface area contributed by atoms with Crippen LogP contribution in [0, 0.1) is 0 Å². The topological polar surface area (TPSA) is 63.5 Å². The highest BCUT2D eigenvalue weighted by Gasteiger charge is 2.26. The third-order valence-corrected chi connectivity index (χ3v) is 4.07. The van der Waals surface area contributed by atoms with Gasteiger partial charge in [-0.25, -0.2) is 9.48 Å². The zero-order chi connectivity index (χ0) is 17.9. The van der Waals surface area contributed by atoms with Gasteiger partial charge in [-0.15, -0.1) is 5.10 Å². The maximum absolute atomic E-state index is 12.2. The molecule has 1 amide bonds. The number of hydrogen-bond donors (Lipinski definition) is 0. The summed E-state index contributed by atoms with van der Waals surface area (Å²) in [5.74, 6) is 0. The quantitative estimate of drug-likeness (QED) is 0.856. The van der Waals surface area contributed by atoms with Crippen molar-refractivity contribution in [1.82, 2.24) is 19.9 Å². The Balaban J connectivity index is 1.64. The Hall–Kier alpha value is -2.57. The number of ether oxygens (including phenoxy) is 1. The van der Waals surface area contributed by atoms with Crippen LogP contribution >= 0.6 is 0 Å². The molecule has 7 heteroatoms. The molecule has 0 atom stereocenters. The fraction of sp³-hybridized carbons (Fsp3) is 0.500. The van der Waals surface area contributed by atoms with E-state index in [0.29, 0.717) is 19.6 Å². The molecule has 0 spiro atoms. The van der Waals surface area contributed by atoms with Crippen LogP contribution in [0.2, 0.25) is 0 Å². The summed E-state index contributed by atoms with van der Waals surface area (Å²) >= 11 is 0. The molecule has 134 valence electrons. The molecule has 1 aromatic heterocycles. The van der Waals surface area contributed by atoms with Crippen LogP contribution in [0.25, 0.3) is 0 Å². The number of para-hydroxylation sites is 1. The number of benzene rings is 1. The van der Waals surface area contributed by atoms with Crippen LogP contribution in [-0.2, 0) is 11.3 Å². The van der Waals surface area contributed by atoms with E-state index in [-0.39, 0.29) is 6.09 Å². The van der Waals surface area contributed by atoms with Crippen LogP contribution in [0.3, 0.4) is 0 Å². The summed E-state index contributed by atoms with van der Waals surface area (Å²) in [5, 5.41) is 7.91. The van der Waals surface area contributed by atoms with Crippen molar-refractivity contribution >= 4 is 11.8 Å². The number of amides is 1. The van der Waals surface area contributed by atoms with Gasteiger partial charge in [-0.2, -0.15) is 0 Å². The zero-order valence-corrected chi connectivity index (χ0v) is 15.1. The smallest absolute Gasteiger partial charge is 0.410 e. The van der Waals surface area contributed by atoms with Gasteiger partial charge >= 0.3 is 6.09 Å². The second kappa shape index (κ2) is 7.13. The molecular formula is C18H25N5O2. The summed E-state index contributed by atoms with van der Waals surface area (Å²) < 4.78 is 7.28. The molecule has 25 heavy (non-hydrogen) atoms. The molecule has 2 aromatic rings. The van der Waals surface area contributed by atoms with Crippen molar-refractivity contribution in [2.24, 2.45) is 0 Å². The number of piperazine rings is 1. The normalized spacial score (nSPS) is 15.3. The third-order valence-electron chi connectivity index (χ3n) is 4.07. The first-order chi connectivity index (χ1) is 11.9. The van der Waals surface area contributed by atoms with E-state index in [1.165, 1.54) is 11.3 Å². The van der Waals surface area contributed by atoms with Crippen molar-refractivity contribution in [3.8, 4) is 0 Å². The number of hydrogen-bond acceptors (Lipinski definition) is 5. The molecule has 1 fully saturated rings. The predicted molar refractivity (Wildman–Crippen MR) is 95.6 cm³/mol. The Morgan fingerprint density at radius 1 is 1.16 bits per heavy atom. The summed E-state index contributed by atoms with van der Waals surface area (Å²) in [6, 6.07) is 8.31. The lowest BCUT2D eigenvalue weighted by atomic mass is 10.1. The molecule has 0 saturated carbocycles. The first kappa shape index (κ1) is 17.3. The van der Waals surface area contributed by atoms with Gasteiger partial charge in [0.25, 0.3) is 0 Å². The highest BCUT2D eigenvalue weighted by Crippen LogP contribution is 2.23. The lowest BCUT2D eigenvalue weighted by molar-refractivity contribution is 0.0240. The minimum atomic E-state index is -0.460. The van der Waals surface area contributed by atoms with Crippen LogP contribution < -0.4 is 4.90 Å². The number of carbonyl (C=O) groups is 1. The van der Waals surface area contributed by atoms with Crippen LogP contribution in [0.1, 0.15) is 26.3 Å². The molecule has 1 saturated heterocycles. The molecule has 3 rings (SSSR count). The van der Waals surface area contributed by atoms with Gasteiger partial charge in [0.1, 0.15) is 5.60 Å². The molecule has 0 N–H and O–H groups in total. The van der Waals surface area contributed by atoms with E-state index in [1.807, 2.05) is 43.8 Å². The molecule has 2 heterocycles. The second-order valence-electron chi connectivity index (χ2n) is 7.18. The molecule has 7 nitrogen and oxygen atoms in total. The summed E-state index contributed by atoms with van der Waals surface area (Å²) in [6.45, 7) is 9.24. The van der Waals surface area contributed by atoms with Gasteiger partial charge in [0.15, 0.2) is 0 Å². The highest BCUT2D eigenvalue weighted by molar-refractivity contribution is 5.68. The van der Waals surface area contributed by atoms with Crippen molar-refractivity contribution in [2.75, 3.05) is 31.1 Å². The molecule has 0 bridgehead atoms. The molecular weight excluding hydrogens is 318 g/mol. The van der Waals surface area contributed by atoms with E-state index < -0.39 is 5.60 Å². The van der Waals surface area contributed by atoms with Crippen molar-refractivity contribution in [1.29, 1.82) is 0 Å². The average Bonchev–Trinajstić information content (AvgIpc) is 3.07. The van der Waals surface area contributed by atoms with Crippen molar-refractivity contribution in [3.05, 3.63) is 42.2 Å². The Labute approximate surface area is 148 Å². The Morgan fingerprint density at radius 2 is 1.88 bits per heavy atom. The zero-order valence-electron chi connectivity index (χ0n) is 15.1. The van der Waals surface area contributed by atoms with E-state index in [2.05, 4.69) is 27.3 Å². The summed E-state index contributed by atoms with van der Waals surface area (Å²) in [7, 11) is 0. The van der Waals surface area contributed by atoms with Crippen molar-refractivity contribution in [3.63, 3.8) is 0 Å². The van der Waals surface area contributed by atoms with E-state index in [0.717, 1.165) is 13.1 Å². The second-order valence-corrected chi connectivity index (χ2v) is 7.18. The van der Waals surface area contributed by atoms with Gasteiger partial charge in [-0.1, -0.05) is 23.4 Å². The van der Waals surface area contributed by atoms with E-state index >= 15 is 0 Å². The lowest BCUT2D eigenvalue weighted by Gasteiger charge is -2.37. The minimum absolute atomic E-state index is 0.233. The minimum Gasteiger partial charge on any atom is -0.444 e. The number of rotatable bonds is 3. The fourth-order valence-electron chi connectivity index (χ4n) is 2.90. The molecule has 0 aliphatic carbocycles. The average molecular weight is 343 g/mol. The maximum atomic E-state index is 12.2. The number of carbonyl (C=O) groups excluding carboxylic acids is 1. The molecule has 1 aliphatic heterocycles. The summed E-state index contributed by atoms with van der Waals surface area (Å²) in [4.78, 5) is 16.3. The molecule has 1 aromatic carbocycles. The first-order valence-electron chi connectivity index (χ1n) is 8.57. The van der Waals surface area contributed by atoms with Gasteiger partial charge in [0, 0.05) is 38.1 Å². The van der Waals surface area contributed by atoms with E-state index in [9.17, 15) is 4.79 Å². The number of nitrogens with zero attached hydrogens (tertiary/aromatic N) is 5. The molecule has 0 radical (unpaired) electrons. The van der Waals surface area contributed by atoms with Gasteiger partial charge in [-0.3, -0.25) is 0 Å². The predicted octanol–water partition coefficient (Wildman–Crippen LogP) is 2.38. The standard InChI is InChI=1S/C18H25N5O2/c1-18(2,3)25-17(24)22-12-10-21(11-13-22)16-7-5-4-6-15(16)14-23-9-8-19-20-23/h4-9H,10-14H2,1-3H3. The van der Waals surface area contributed by atoms with E-state index in [1.54, 1.807) is 11.1 Å². The van der Waals surface area contributed by atoms with Crippen LogP contribution in [0.5, 0.6) is 0 Å². The monoisotopic (exact) mass is 343 g/mol. The van der Waals surface area contributed by atoms with Gasteiger partial charge in [0.05, 0.1) is 12.7 Å². The van der Waals surface area contributed by atoms with Gasteiger partial charge in [0.2, 0.25) is 0 Å². The SMILES string of the molecule is CC(C)(C)OC(=O)N1CCN(c2ccccc2Cn2ccnn2)CC1. The first-order valence-corrected chi connectivity index (χ1v) is 8.57. The highest BCUT2D eigenvalue weighted by atomic mass is 16.6. The number of anilines is 1. The number of aromatic nitrogens is 3. The largest absolute Gasteiger partial charge is 0.444 e. The van der Waals surface area contributed by atoms with Crippen molar-refractivity contribution in [2.45, 2.75) is 32.9 Å².